The molecule has 1 rings (SSSR count). The molecular weight excluding hydrogens is 298 g/mol. The number of nitrogens with two attached hydrogens (primary N) is 1. The molecule has 18 heavy (non-hydrogen) atoms. The summed E-state index contributed by atoms with van der Waals surface area (Å²) >= 11 is 3.49. The average molecular weight is 316 g/mol. The molecule has 1 atom stereocenters. The van der Waals surface area contributed by atoms with Crippen molar-refractivity contribution in [3.05, 3.63) is 28.2 Å². The summed E-state index contributed by atoms with van der Waals surface area (Å²) in [5.74, 6) is 0.162. The molecule has 0 amide bonds. The first-order valence-electron chi connectivity index (χ1n) is 5.57. The van der Waals surface area contributed by atoms with Crippen molar-refractivity contribution >= 4 is 27.5 Å². The molecule has 0 aliphatic carbocycles. The van der Waals surface area contributed by atoms with Gasteiger partial charge in [0, 0.05) is 35.3 Å². The summed E-state index contributed by atoms with van der Waals surface area (Å²) in [6.07, 6.45) is 0. The number of rotatable bonds is 6. The Hall–Kier alpha value is -1.27. The van der Waals surface area contributed by atoms with Crippen LogP contribution < -0.4 is 11.1 Å². The van der Waals surface area contributed by atoms with E-state index in [0.717, 1.165) is 15.7 Å². The van der Waals surface area contributed by atoms with Gasteiger partial charge in [-0.25, -0.2) is 0 Å². The highest BCUT2D eigenvalue weighted by Gasteiger charge is 2.10. The zero-order chi connectivity index (χ0) is 13.5. The molecule has 0 fully saturated rings. The van der Waals surface area contributed by atoms with Crippen molar-refractivity contribution in [1.29, 1.82) is 0 Å². The first-order chi connectivity index (χ1) is 8.60. The van der Waals surface area contributed by atoms with Crippen molar-refractivity contribution in [2.75, 3.05) is 19.0 Å². The van der Waals surface area contributed by atoms with Crippen LogP contribution in [0.15, 0.2) is 27.8 Å². The molecule has 6 heteroatoms. The number of hydrogen-bond acceptors (Lipinski definition) is 4. The molecule has 0 bridgehead atoms. The van der Waals surface area contributed by atoms with E-state index < -0.39 is 0 Å². The topological polar surface area (TPSA) is 79.9 Å². The number of halogens is 1. The number of nitrogens with zero attached hydrogens (tertiary/aromatic N) is 1. The Labute approximate surface area is 115 Å². The van der Waals surface area contributed by atoms with Crippen LogP contribution in [0.2, 0.25) is 0 Å². The van der Waals surface area contributed by atoms with Gasteiger partial charge in [-0.1, -0.05) is 34.1 Å². The predicted molar refractivity (Wildman–Crippen MR) is 75.9 cm³/mol. The fraction of sp³-hybridized carbons (Fsp3) is 0.417. The fourth-order valence-electron chi connectivity index (χ4n) is 1.48. The highest BCUT2D eigenvalue weighted by molar-refractivity contribution is 9.10. The maximum atomic E-state index is 8.59. The van der Waals surface area contributed by atoms with E-state index in [9.17, 15) is 0 Å². The van der Waals surface area contributed by atoms with Gasteiger partial charge in [0.15, 0.2) is 0 Å². The molecule has 1 aromatic carbocycles. The molecule has 1 unspecified atom stereocenters. The molecule has 0 radical (unpaired) electrons. The summed E-state index contributed by atoms with van der Waals surface area (Å²) in [5.41, 5.74) is 7.56. The monoisotopic (exact) mass is 315 g/mol. The van der Waals surface area contributed by atoms with E-state index in [1.807, 2.05) is 25.1 Å². The molecule has 100 valence electrons. The van der Waals surface area contributed by atoms with Crippen molar-refractivity contribution in [2.45, 2.75) is 13.5 Å². The summed E-state index contributed by atoms with van der Waals surface area (Å²) in [6.45, 7) is 2.99. The van der Waals surface area contributed by atoms with Crippen molar-refractivity contribution in [2.24, 2.45) is 16.8 Å². The number of benzene rings is 1. The second-order valence-electron chi connectivity index (χ2n) is 4.01. The number of nitrogens with one attached hydrogen (secondary N) is 1. The Balaban J connectivity index is 2.75. The third-order valence-electron chi connectivity index (χ3n) is 2.63. The van der Waals surface area contributed by atoms with Gasteiger partial charge in [-0.15, -0.1) is 0 Å². The summed E-state index contributed by atoms with van der Waals surface area (Å²) in [5, 5.41) is 14.9. The van der Waals surface area contributed by atoms with Crippen LogP contribution in [0.1, 0.15) is 12.5 Å². The van der Waals surface area contributed by atoms with Crippen LogP contribution in [0.4, 0.5) is 5.69 Å². The first kappa shape index (κ1) is 14.8. The quantitative estimate of drug-likeness (QED) is 0.326. The average Bonchev–Trinajstić information content (AvgIpc) is 2.38. The van der Waals surface area contributed by atoms with E-state index in [0.29, 0.717) is 13.2 Å². The molecule has 4 N–H and O–H groups in total. The number of oxime groups is 1. The van der Waals surface area contributed by atoms with E-state index in [4.69, 9.17) is 15.7 Å². The van der Waals surface area contributed by atoms with E-state index in [1.54, 1.807) is 7.11 Å². The van der Waals surface area contributed by atoms with E-state index in [1.165, 1.54) is 0 Å². The lowest BCUT2D eigenvalue weighted by atomic mass is 10.1. The Bertz CT molecular complexity index is 424. The summed E-state index contributed by atoms with van der Waals surface area (Å²) < 4.78 is 6.16. The lowest BCUT2D eigenvalue weighted by Crippen LogP contribution is -2.27. The lowest BCUT2D eigenvalue weighted by Gasteiger charge is -2.16. The first-order valence-corrected chi connectivity index (χ1v) is 6.37. The zero-order valence-electron chi connectivity index (χ0n) is 10.5. The molecule has 0 aliphatic heterocycles. The summed E-state index contributed by atoms with van der Waals surface area (Å²) in [6, 6.07) is 5.88. The number of anilines is 1. The molecule has 0 aromatic heterocycles. The summed E-state index contributed by atoms with van der Waals surface area (Å²) in [4.78, 5) is 0. The smallest absolute Gasteiger partial charge is 0.143 e. The van der Waals surface area contributed by atoms with E-state index in [-0.39, 0.29) is 11.8 Å². The highest BCUT2D eigenvalue weighted by Crippen LogP contribution is 2.25. The van der Waals surface area contributed by atoms with Crippen LogP contribution in [-0.4, -0.2) is 24.7 Å². The second-order valence-corrected chi connectivity index (χ2v) is 4.86. The zero-order valence-corrected chi connectivity index (χ0v) is 12.1. The van der Waals surface area contributed by atoms with Crippen LogP contribution in [0, 0.1) is 5.92 Å². The lowest BCUT2D eigenvalue weighted by molar-refractivity contribution is 0.185. The maximum Gasteiger partial charge on any atom is 0.143 e. The number of hydrogen-bond donors (Lipinski definition) is 3. The van der Waals surface area contributed by atoms with Crippen LogP contribution in [0.25, 0.3) is 0 Å². The van der Waals surface area contributed by atoms with Crippen LogP contribution in [0.5, 0.6) is 0 Å². The largest absolute Gasteiger partial charge is 0.409 e. The third-order valence-corrected chi connectivity index (χ3v) is 3.37. The van der Waals surface area contributed by atoms with Gasteiger partial charge in [-0.05, 0) is 12.1 Å². The van der Waals surface area contributed by atoms with Gasteiger partial charge >= 0.3 is 0 Å². The Kier molecular flexibility index (Phi) is 5.94. The number of ether oxygens (including phenoxy) is 1. The standard InChI is InChI=1S/C12H18BrN3O2/c1-8(12(14)16-17)6-15-11-5-3-4-10(13)9(11)7-18-2/h3-5,8,15,17H,6-7H2,1-2H3,(H2,14,16). The normalized spacial score (nSPS) is 13.4. The maximum absolute atomic E-state index is 8.59. The van der Waals surface area contributed by atoms with E-state index in [2.05, 4.69) is 26.4 Å². The van der Waals surface area contributed by atoms with Crippen LogP contribution in [-0.2, 0) is 11.3 Å². The van der Waals surface area contributed by atoms with Crippen LogP contribution in [0.3, 0.4) is 0 Å². The highest BCUT2D eigenvalue weighted by atomic mass is 79.9. The van der Waals surface area contributed by atoms with Crippen molar-refractivity contribution in [3.8, 4) is 0 Å². The van der Waals surface area contributed by atoms with E-state index >= 15 is 0 Å². The molecular formula is C12H18BrN3O2. The SMILES string of the molecule is COCc1c(Br)cccc1NCC(C)C(N)=NO. The minimum absolute atomic E-state index is 0.0515. The van der Waals surface area contributed by atoms with Gasteiger partial charge in [0.25, 0.3) is 0 Å². The van der Waals surface area contributed by atoms with Crippen molar-refractivity contribution < 1.29 is 9.94 Å². The molecule has 0 saturated carbocycles. The Morgan fingerprint density at radius 3 is 2.94 bits per heavy atom. The van der Waals surface area contributed by atoms with Crippen molar-refractivity contribution in [3.63, 3.8) is 0 Å². The van der Waals surface area contributed by atoms with Crippen molar-refractivity contribution in [1.82, 2.24) is 0 Å². The number of amidine groups is 1. The van der Waals surface area contributed by atoms with Gasteiger partial charge in [-0.3, -0.25) is 0 Å². The minimum Gasteiger partial charge on any atom is -0.409 e. The molecule has 5 nitrogen and oxygen atoms in total. The molecule has 0 spiro atoms. The summed E-state index contributed by atoms with van der Waals surface area (Å²) in [7, 11) is 1.66. The van der Waals surface area contributed by atoms with Gasteiger partial charge < -0.3 is 21.0 Å². The minimum atomic E-state index is -0.0515. The molecule has 0 saturated heterocycles. The fourth-order valence-corrected chi connectivity index (χ4v) is 1.96. The van der Waals surface area contributed by atoms with Crippen LogP contribution >= 0.6 is 15.9 Å². The second kappa shape index (κ2) is 7.23. The Morgan fingerprint density at radius 1 is 1.61 bits per heavy atom. The number of methoxy groups -OCH3 is 1. The molecule has 0 aliphatic rings. The Morgan fingerprint density at radius 2 is 2.33 bits per heavy atom. The third kappa shape index (κ3) is 3.89. The molecule has 1 aromatic rings. The van der Waals surface area contributed by atoms with Gasteiger partial charge in [0.05, 0.1) is 6.61 Å². The van der Waals surface area contributed by atoms with Gasteiger partial charge in [-0.2, -0.15) is 0 Å². The predicted octanol–water partition coefficient (Wildman–Crippen LogP) is 2.39. The molecule has 0 heterocycles. The van der Waals surface area contributed by atoms with Gasteiger partial charge in [0.1, 0.15) is 5.84 Å². The van der Waals surface area contributed by atoms with Gasteiger partial charge in [0.2, 0.25) is 0 Å².